The van der Waals surface area contributed by atoms with Gasteiger partial charge in [0.25, 0.3) is 5.88 Å². The van der Waals surface area contributed by atoms with E-state index in [1.54, 1.807) is 12.1 Å². The molecular formula is C13H12FNO3. The highest BCUT2D eigenvalue weighted by atomic mass is 19.1. The first-order valence-corrected chi connectivity index (χ1v) is 5.61. The van der Waals surface area contributed by atoms with Gasteiger partial charge in [0.1, 0.15) is 5.82 Å². The van der Waals surface area contributed by atoms with Crippen LogP contribution in [0.3, 0.4) is 0 Å². The number of oxazole rings is 1. The number of rotatable bonds is 4. The normalized spacial score (nSPS) is 10.3. The van der Waals surface area contributed by atoms with Gasteiger partial charge in [0.05, 0.1) is 0 Å². The van der Waals surface area contributed by atoms with Crippen LogP contribution in [0.1, 0.15) is 19.8 Å². The van der Waals surface area contributed by atoms with E-state index in [1.807, 2.05) is 6.92 Å². The van der Waals surface area contributed by atoms with E-state index in [1.165, 1.54) is 18.4 Å². The van der Waals surface area contributed by atoms with Gasteiger partial charge in [-0.2, -0.15) is 4.98 Å². The van der Waals surface area contributed by atoms with E-state index in [2.05, 4.69) is 4.98 Å². The van der Waals surface area contributed by atoms with Crippen molar-refractivity contribution in [1.29, 1.82) is 0 Å². The van der Waals surface area contributed by atoms with Crippen LogP contribution in [0.2, 0.25) is 0 Å². The van der Waals surface area contributed by atoms with Crippen LogP contribution in [0.4, 0.5) is 4.39 Å². The highest BCUT2D eigenvalue weighted by Crippen LogP contribution is 2.22. The molecule has 0 fully saturated rings. The molecule has 0 atom stereocenters. The summed E-state index contributed by atoms with van der Waals surface area (Å²) < 4.78 is 22.9. The van der Waals surface area contributed by atoms with Gasteiger partial charge in [-0.15, -0.1) is 0 Å². The molecule has 5 heteroatoms. The third-order valence-corrected chi connectivity index (χ3v) is 2.25. The number of hydrogen-bond donors (Lipinski definition) is 0. The van der Waals surface area contributed by atoms with Gasteiger partial charge in [-0.1, -0.05) is 6.92 Å². The summed E-state index contributed by atoms with van der Waals surface area (Å²) in [5.74, 6) is -0.279. The van der Waals surface area contributed by atoms with Crippen LogP contribution >= 0.6 is 0 Å². The Balaban J connectivity index is 2.10. The van der Waals surface area contributed by atoms with Crippen molar-refractivity contribution in [3.05, 3.63) is 36.3 Å². The second kappa shape index (κ2) is 5.44. The molecule has 0 bridgehead atoms. The average molecular weight is 249 g/mol. The summed E-state index contributed by atoms with van der Waals surface area (Å²) in [4.78, 5) is 15.2. The third-order valence-electron chi connectivity index (χ3n) is 2.25. The summed E-state index contributed by atoms with van der Waals surface area (Å²) in [6.07, 6.45) is 2.30. The summed E-state index contributed by atoms with van der Waals surface area (Å²) in [7, 11) is 0. The second-order valence-corrected chi connectivity index (χ2v) is 3.72. The van der Waals surface area contributed by atoms with E-state index in [0.29, 0.717) is 18.4 Å². The lowest BCUT2D eigenvalue weighted by molar-refractivity contribution is -0.134. The number of ether oxygens (including phenoxy) is 1. The van der Waals surface area contributed by atoms with Gasteiger partial charge in [0.2, 0.25) is 5.89 Å². The molecule has 0 aliphatic heterocycles. The van der Waals surface area contributed by atoms with E-state index < -0.39 is 0 Å². The number of hydrogen-bond acceptors (Lipinski definition) is 4. The number of carbonyl (C=O) groups excluding carboxylic acids is 1. The zero-order valence-electron chi connectivity index (χ0n) is 9.85. The van der Waals surface area contributed by atoms with Crippen LogP contribution in [-0.2, 0) is 4.79 Å². The smallest absolute Gasteiger partial charge is 0.312 e. The molecule has 1 heterocycles. The van der Waals surface area contributed by atoms with Gasteiger partial charge in [-0.3, -0.25) is 4.79 Å². The number of benzene rings is 1. The number of aromatic nitrogens is 1. The Hall–Kier alpha value is -2.17. The van der Waals surface area contributed by atoms with Crippen LogP contribution < -0.4 is 4.74 Å². The Bertz CT molecular complexity index is 533. The molecule has 0 aliphatic carbocycles. The van der Waals surface area contributed by atoms with Crippen molar-refractivity contribution < 1.29 is 18.3 Å². The van der Waals surface area contributed by atoms with Crippen LogP contribution in [0.25, 0.3) is 11.5 Å². The van der Waals surface area contributed by atoms with Gasteiger partial charge in [-0.25, -0.2) is 4.39 Å². The summed E-state index contributed by atoms with van der Waals surface area (Å²) in [5, 5.41) is 0. The molecule has 2 aromatic rings. The standard InChI is InChI=1S/C13H12FNO3/c1-2-3-12(16)18-11-8-17-13(15-11)9-4-6-10(14)7-5-9/h4-8H,2-3H2,1H3. The lowest BCUT2D eigenvalue weighted by atomic mass is 10.2. The minimum atomic E-state index is -0.351. The van der Waals surface area contributed by atoms with Crippen molar-refractivity contribution in [2.45, 2.75) is 19.8 Å². The Morgan fingerprint density at radius 2 is 2.11 bits per heavy atom. The van der Waals surface area contributed by atoms with Crippen molar-refractivity contribution in [3.8, 4) is 17.3 Å². The fourth-order valence-corrected chi connectivity index (χ4v) is 1.40. The molecule has 4 nitrogen and oxygen atoms in total. The Morgan fingerprint density at radius 3 is 2.78 bits per heavy atom. The van der Waals surface area contributed by atoms with Crippen LogP contribution in [0, 0.1) is 5.82 Å². The first kappa shape index (κ1) is 12.3. The molecule has 94 valence electrons. The molecule has 0 saturated carbocycles. The first-order chi connectivity index (χ1) is 8.69. The minimum Gasteiger partial charge on any atom is -0.440 e. The lowest BCUT2D eigenvalue weighted by Crippen LogP contribution is -2.06. The first-order valence-electron chi connectivity index (χ1n) is 5.61. The Labute approximate surface area is 103 Å². The number of halogens is 1. The second-order valence-electron chi connectivity index (χ2n) is 3.72. The molecule has 18 heavy (non-hydrogen) atoms. The fraction of sp³-hybridized carbons (Fsp3) is 0.231. The van der Waals surface area contributed by atoms with Crippen molar-refractivity contribution in [2.24, 2.45) is 0 Å². The SMILES string of the molecule is CCCC(=O)Oc1coc(-c2ccc(F)cc2)n1. The van der Waals surface area contributed by atoms with Crippen molar-refractivity contribution >= 4 is 5.97 Å². The van der Waals surface area contributed by atoms with Crippen molar-refractivity contribution in [2.75, 3.05) is 0 Å². The summed E-state index contributed by atoms with van der Waals surface area (Å²) in [5.41, 5.74) is 0.620. The van der Waals surface area contributed by atoms with Crippen molar-refractivity contribution in [1.82, 2.24) is 4.98 Å². The maximum atomic E-state index is 12.7. The highest BCUT2D eigenvalue weighted by Gasteiger charge is 2.10. The molecule has 0 amide bonds. The lowest BCUT2D eigenvalue weighted by Gasteiger charge is -1.96. The summed E-state index contributed by atoms with van der Waals surface area (Å²) >= 11 is 0. The summed E-state index contributed by atoms with van der Waals surface area (Å²) in [6.45, 7) is 1.88. The Kier molecular flexibility index (Phi) is 3.72. The number of esters is 1. The van der Waals surface area contributed by atoms with Gasteiger partial charge >= 0.3 is 5.97 Å². The minimum absolute atomic E-state index is 0.118. The predicted octanol–water partition coefficient (Wildman–Crippen LogP) is 3.19. The topological polar surface area (TPSA) is 52.3 Å². The fourth-order valence-electron chi connectivity index (χ4n) is 1.40. The molecule has 0 N–H and O–H groups in total. The molecule has 0 unspecified atom stereocenters. The molecule has 2 rings (SSSR count). The maximum absolute atomic E-state index is 12.7. The van der Waals surface area contributed by atoms with Gasteiger partial charge < -0.3 is 9.15 Å². The zero-order valence-corrected chi connectivity index (χ0v) is 9.85. The van der Waals surface area contributed by atoms with Crippen LogP contribution in [-0.4, -0.2) is 11.0 Å². The molecule has 1 aromatic heterocycles. The van der Waals surface area contributed by atoms with Gasteiger partial charge in [0, 0.05) is 12.0 Å². The maximum Gasteiger partial charge on any atom is 0.312 e. The van der Waals surface area contributed by atoms with Crippen LogP contribution in [0.15, 0.2) is 34.9 Å². The van der Waals surface area contributed by atoms with E-state index in [0.717, 1.165) is 0 Å². The highest BCUT2D eigenvalue weighted by molar-refractivity contribution is 5.71. The Morgan fingerprint density at radius 1 is 1.39 bits per heavy atom. The van der Waals surface area contributed by atoms with Gasteiger partial charge in [0.15, 0.2) is 6.26 Å². The third kappa shape index (κ3) is 2.94. The number of nitrogens with zero attached hydrogens (tertiary/aromatic N) is 1. The average Bonchev–Trinajstić information content (AvgIpc) is 2.78. The van der Waals surface area contributed by atoms with Crippen LogP contribution in [0.5, 0.6) is 5.88 Å². The molecule has 0 spiro atoms. The largest absolute Gasteiger partial charge is 0.440 e. The molecule has 1 aromatic carbocycles. The molecular weight excluding hydrogens is 237 g/mol. The van der Waals surface area contributed by atoms with Crippen molar-refractivity contribution in [3.63, 3.8) is 0 Å². The number of carbonyl (C=O) groups is 1. The molecule has 0 saturated heterocycles. The van der Waals surface area contributed by atoms with E-state index in [-0.39, 0.29) is 23.6 Å². The quantitative estimate of drug-likeness (QED) is 0.781. The predicted molar refractivity (Wildman–Crippen MR) is 62.4 cm³/mol. The van der Waals surface area contributed by atoms with E-state index in [9.17, 15) is 9.18 Å². The monoisotopic (exact) mass is 249 g/mol. The molecule has 0 aliphatic rings. The molecule has 0 radical (unpaired) electrons. The zero-order chi connectivity index (χ0) is 13.0. The van der Waals surface area contributed by atoms with E-state index in [4.69, 9.17) is 9.15 Å². The van der Waals surface area contributed by atoms with Gasteiger partial charge in [-0.05, 0) is 30.7 Å². The summed E-state index contributed by atoms with van der Waals surface area (Å²) in [6, 6.07) is 5.70. The van der Waals surface area contributed by atoms with E-state index >= 15 is 0 Å².